The highest BCUT2D eigenvalue weighted by atomic mass is 16.5. The van der Waals surface area contributed by atoms with Crippen LogP contribution in [0.25, 0.3) is 0 Å². The number of carbonyl (C=O) groups excluding carboxylic acids is 1. The van der Waals surface area contributed by atoms with Crippen LogP contribution in [0.4, 0.5) is 10.5 Å². The SMILES string of the molecule is Cc1cc(NC(=O)N[C@@H](C)CO)ccc1OC(C)C. The molecule has 0 saturated heterocycles. The second kappa shape index (κ2) is 6.99. The average Bonchev–Trinajstić information content (AvgIpc) is 2.32. The van der Waals surface area contributed by atoms with E-state index >= 15 is 0 Å². The first-order valence-electron chi connectivity index (χ1n) is 6.38. The van der Waals surface area contributed by atoms with Crippen LogP contribution >= 0.6 is 0 Å². The van der Waals surface area contributed by atoms with Gasteiger partial charge in [0.1, 0.15) is 5.75 Å². The van der Waals surface area contributed by atoms with E-state index in [4.69, 9.17) is 9.84 Å². The minimum atomic E-state index is -0.335. The number of hydrogen-bond acceptors (Lipinski definition) is 3. The molecule has 0 aliphatic heterocycles. The van der Waals surface area contributed by atoms with Gasteiger partial charge in [-0.15, -0.1) is 0 Å². The molecule has 0 unspecified atom stereocenters. The van der Waals surface area contributed by atoms with Crippen LogP contribution < -0.4 is 15.4 Å². The molecule has 0 aromatic heterocycles. The van der Waals surface area contributed by atoms with E-state index in [1.807, 2.05) is 32.9 Å². The van der Waals surface area contributed by atoms with Gasteiger partial charge in [-0.05, 0) is 51.5 Å². The van der Waals surface area contributed by atoms with Crippen LogP contribution in [0.15, 0.2) is 18.2 Å². The van der Waals surface area contributed by atoms with Gasteiger partial charge in [-0.25, -0.2) is 4.79 Å². The molecule has 1 rings (SSSR count). The predicted molar refractivity (Wildman–Crippen MR) is 75.6 cm³/mol. The third-order valence-corrected chi connectivity index (χ3v) is 2.45. The van der Waals surface area contributed by atoms with Crippen LogP contribution in [0.1, 0.15) is 26.3 Å². The molecule has 0 heterocycles. The van der Waals surface area contributed by atoms with Gasteiger partial charge >= 0.3 is 6.03 Å². The van der Waals surface area contributed by atoms with Crippen LogP contribution in [0.2, 0.25) is 0 Å². The molecule has 1 atom stereocenters. The average molecular weight is 266 g/mol. The minimum absolute atomic E-state index is 0.0897. The number of hydrogen-bond donors (Lipinski definition) is 3. The van der Waals surface area contributed by atoms with Crippen molar-refractivity contribution in [3.8, 4) is 5.75 Å². The van der Waals surface area contributed by atoms with E-state index in [0.29, 0.717) is 5.69 Å². The molecule has 0 saturated carbocycles. The van der Waals surface area contributed by atoms with Crippen molar-refractivity contribution < 1.29 is 14.6 Å². The highest BCUT2D eigenvalue weighted by Gasteiger charge is 2.08. The molecule has 0 spiro atoms. The van der Waals surface area contributed by atoms with Crippen molar-refractivity contribution in [1.29, 1.82) is 0 Å². The zero-order chi connectivity index (χ0) is 14.4. The smallest absolute Gasteiger partial charge is 0.319 e. The molecule has 19 heavy (non-hydrogen) atoms. The van der Waals surface area contributed by atoms with Crippen molar-refractivity contribution in [1.82, 2.24) is 5.32 Å². The molecule has 3 N–H and O–H groups in total. The highest BCUT2D eigenvalue weighted by Crippen LogP contribution is 2.22. The van der Waals surface area contributed by atoms with Gasteiger partial charge in [0, 0.05) is 5.69 Å². The number of urea groups is 1. The number of amides is 2. The second-order valence-corrected chi connectivity index (χ2v) is 4.83. The summed E-state index contributed by atoms with van der Waals surface area (Å²) in [4.78, 5) is 11.6. The molecule has 1 aromatic rings. The summed E-state index contributed by atoms with van der Waals surface area (Å²) < 4.78 is 5.63. The number of aliphatic hydroxyl groups is 1. The lowest BCUT2D eigenvalue weighted by Crippen LogP contribution is -2.38. The first-order chi connectivity index (χ1) is 8.92. The van der Waals surface area contributed by atoms with Gasteiger partial charge in [0.2, 0.25) is 0 Å². The highest BCUT2D eigenvalue weighted by molar-refractivity contribution is 5.89. The van der Waals surface area contributed by atoms with Gasteiger partial charge in [-0.3, -0.25) is 0 Å². The molecule has 106 valence electrons. The summed E-state index contributed by atoms with van der Waals surface area (Å²) >= 11 is 0. The summed E-state index contributed by atoms with van der Waals surface area (Å²) in [6, 6.07) is 4.86. The van der Waals surface area contributed by atoms with Crippen molar-refractivity contribution in [2.75, 3.05) is 11.9 Å². The number of carbonyl (C=O) groups is 1. The van der Waals surface area contributed by atoms with E-state index in [-0.39, 0.29) is 24.8 Å². The lowest BCUT2D eigenvalue weighted by molar-refractivity contribution is 0.229. The zero-order valence-electron chi connectivity index (χ0n) is 11.9. The third-order valence-electron chi connectivity index (χ3n) is 2.45. The Balaban J connectivity index is 2.65. The lowest BCUT2D eigenvalue weighted by atomic mass is 10.2. The number of ether oxygens (including phenoxy) is 1. The molecule has 0 fully saturated rings. The van der Waals surface area contributed by atoms with E-state index in [2.05, 4.69) is 10.6 Å². The summed E-state index contributed by atoms with van der Waals surface area (Å²) in [5, 5.41) is 14.2. The summed E-state index contributed by atoms with van der Waals surface area (Å²) in [6.07, 6.45) is 0.117. The lowest BCUT2D eigenvalue weighted by Gasteiger charge is -2.15. The maximum absolute atomic E-state index is 11.6. The van der Waals surface area contributed by atoms with Gasteiger partial charge in [-0.1, -0.05) is 0 Å². The molecule has 5 heteroatoms. The fourth-order valence-corrected chi connectivity index (χ4v) is 1.55. The first-order valence-corrected chi connectivity index (χ1v) is 6.38. The van der Waals surface area contributed by atoms with Crippen molar-refractivity contribution in [3.63, 3.8) is 0 Å². The first kappa shape index (κ1) is 15.3. The van der Waals surface area contributed by atoms with Crippen LogP contribution in [0, 0.1) is 6.92 Å². The molecule has 2 amide bonds. The van der Waals surface area contributed by atoms with E-state index in [0.717, 1.165) is 11.3 Å². The number of rotatable bonds is 5. The molecular weight excluding hydrogens is 244 g/mol. The molecule has 1 aromatic carbocycles. The molecule has 0 aliphatic carbocycles. The summed E-state index contributed by atoms with van der Waals surface area (Å²) in [6.45, 7) is 7.50. The van der Waals surface area contributed by atoms with Crippen molar-refractivity contribution >= 4 is 11.7 Å². The largest absolute Gasteiger partial charge is 0.491 e. The predicted octanol–water partition coefficient (Wildman–Crippen LogP) is 2.28. The van der Waals surface area contributed by atoms with Gasteiger partial charge < -0.3 is 20.5 Å². The van der Waals surface area contributed by atoms with Crippen LogP contribution in [-0.2, 0) is 0 Å². The van der Waals surface area contributed by atoms with Crippen LogP contribution in [0.3, 0.4) is 0 Å². The fraction of sp³-hybridized carbons (Fsp3) is 0.500. The Morgan fingerprint density at radius 2 is 2.05 bits per heavy atom. The number of anilines is 1. The number of aryl methyl sites for hydroxylation is 1. The number of aliphatic hydroxyl groups excluding tert-OH is 1. The maximum Gasteiger partial charge on any atom is 0.319 e. The van der Waals surface area contributed by atoms with E-state index in [1.165, 1.54) is 0 Å². The Hall–Kier alpha value is -1.75. The second-order valence-electron chi connectivity index (χ2n) is 4.83. The number of benzene rings is 1. The van der Waals surface area contributed by atoms with Gasteiger partial charge in [0.05, 0.1) is 18.8 Å². The molecular formula is C14H22N2O3. The Labute approximate surface area is 114 Å². The fourth-order valence-electron chi connectivity index (χ4n) is 1.55. The van der Waals surface area contributed by atoms with Crippen LogP contribution in [-0.4, -0.2) is 29.9 Å². The third kappa shape index (κ3) is 5.18. The number of nitrogens with one attached hydrogen (secondary N) is 2. The monoisotopic (exact) mass is 266 g/mol. The summed E-state index contributed by atoms with van der Waals surface area (Å²) in [5.74, 6) is 0.810. The topological polar surface area (TPSA) is 70.6 Å². The summed E-state index contributed by atoms with van der Waals surface area (Å²) in [7, 11) is 0. The Kier molecular flexibility index (Phi) is 5.63. The van der Waals surface area contributed by atoms with Crippen molar-refractivity contribution in [2.45, 2.75) is 39.8 Å². The van der Waals surface area contributed by atoms with E-state index in [1.54, 1.807) is 13.0 Å². The van der Waals surface area contributed by atoms with Gasteiger partial charge in [0.15, 0.2) is 0 Å². The van der Waals surface area contributed by atoms with Crippen molar-refractivity contribution in [2.24, 2.45) is 0 Å². The van der Waals surface area contributed by atoms with Crippen LogP contribution in [0.5, 0.6) is 5.75 Å². The minimum Gasteiger partial charge on any atom is -0.491 e. The van der Waals surface area contributed by atoms with Crippen molar-refractivity contribution in [3.05, 3.63) is 23.8 Å². The molecule has 0 bridgehead atoms. The Bertz CT molecular complexity index is 433. The quantitative estimate of drug-likeness (QED) is 0.765. The molecule has 0 radical (unpaired) electrons. The zero-order valence-corrected chi connectivity index (χ0v) is 11.9. The van der Waals surface area contributed by atoms with Gasteiger partial charge in [0.25, 0.3) is 0 Å². The normalized spacial score (nSPS) is 12.1. The van der Waals surface area contributed by atoms with Gasteiger partial charge in [-0.2, -0.15) is 0 Å². The Morgan fingerprint density at radius 3 is 2.58 bits per heavy atom. The summed E-state index contributed by atoms with van der Waals surface area (Å²) in [5.41, 5.74) is 1.65. The molecule has 0 aliphatic rings. The van der Waals surface area contributed by atoms with E-state index in [9.17, 15) is 4.79 Å². The maximum atomic E-state index is 11.6. The standard InChI is InChI=1S/C14H22N2O3/c1-9(2)19-13-6-5-12(7-10(13)3)16-14(18)15-11(4)8-17/h5-7,9,11,17H,8H2,1-4H3,(H2,15,16,18)/t11-/m0/s1. The molecule has 5 nitrogen and oxygen atoms in total. The Morgan fingerprint density at radius 1 is 1.37 bits per heavy atom. The van der Waals surface area contributed by atoms with E-state index < -0.39 is 0 Å².